The molecule has 0 saturated carbocycles. The van der Waals surface area contributed by atoms with Crippen LogP contribution in [0.4, 0.5) is 0 Å². The van der Waals surface area contributed by atoms with E-state index >= 15 is 0 Å². The second-order valence-corrected chi connectivity index (χ2v) is 6.83. The number of aromatic nitrogens is 2. The van der Waals surface area contributed by atoms with Crippen LogP contribution >= 0.6 is 0 Å². The average molecular weight is 391 g/mol. The van der Waals surface area contributed by atoms with Gasteiger partial charge in [-0.2, -0.15) is 0 Å². The summed E-state index contributed by atoms with van der Waals surface area (Å²) in [5, 5.41) is 4.57. The van der Waals surface area contributed by atoms with Crippen molar-refractivity contribution in [2.45, 2.75) is 13.5 Å². The standard InChI is InChI=1S/C21H17N3O5/c1-12-19-14(9-15(16-4-3-7-26-16)22-20(19)29-23-12)21(25)24(2)10-13-5-6-17-18(8-13)28-11-27-17/h3-9H,10-11H2,1-2H3. The highest BCUT2D eigenvalue weighted by molar-refractivity contribution is 6.06. The Hall–Kier alpha value is -3.81. The molecule has 0 unspecified atom stereocenters. The molecule has 0 aliphatic carbocycles. The second kappa shape index (κ2) is 6.66. The molecule has 0 N–H and O–H groups in total. The summed E-state index contributed by atoms with van der Waals surface area (Å²) in [7, 11) is 1.74. The molecule has 0 fully saturated rings. The van der Waals surface area contributed by atoms with Crippen LogP contribution in [0.1, 0.15) is 21.6 Å². The van der Waals surface area contributed by atoms with Gasteiger partial charge in [0.25, 0.3) is 11.6 Å². The SMILES string of the molecule is Cc1noc2nc(-c3ccco3)cc(C(=O)N(C)Cc3ccc4c(c3)OCO4)c12. The van der Waals surface area contributed by atoms with Gasteiger partial charge in [0.1, 0.15) is 5.69 Å². The van der Waals surface area contributed by atoms with Gasteiger partial charge < -0.3 is 23.3 Å². The summed E-state index contributed by atoms with van der Waals surface area (Å²) in [6.07, 6.45) is 1.56. The molecule has 3 aromatic heterocycles. The summed E-state index contributed by atoms with van der Waals surface area (Å²) >= 11 is 0. The van der Waals surface area contributed by atoms with E-state index in [1.807, 2.05) is 18.2 Å². The lowest BCUT2D eigenvalue weighted by atomic mass is 10.1. The number of rotatable bonds is 4. The van der Waals surface area contributed by atoms with Crippen LogP contribution in [0, 0.1) is 6.92 Å². The number of ether oxygens (including phenoxy) is 2. The number of furan rings is 1. The third kappa shape index (κ3) is 2.98. The van der Waals surface area contributed by atoms with Gasteiger partial charge in [0, 0.05) is 13.6 Å². The van der Waals surface area contributed by atoms with Crippen molar-refractivity contribution < 1.29 is 23.2 Å². The molecular weight excluding hydrogens is 374 g/mol. The van der Waals surface area contributed by atoms with Crippen LogP contribution in [0.3, 0.4) is 0 Å². The van der Waals surface area contributed by atoms with Crippen molar-refractivity contribution in [2.24, 2.45) is 0 Å². The maximum Gasteiger partial charge on any atom is 0.259 e. The van der Waals surface area contributed by atoms with E-state index in [1.54, 1.807) is 43.3 Å². The lowest BCUT2D eigenvalue weighted by Gasteiger charge is -2.18. The summed E-state index contributed by atoms with van der Waals surface area (Å²) in [6, 6.07) is 10.9. The minimum atomic E-state index is -0.172. The molecule has 0 atom stereocenters. The maximum absolute atomic E-state index is 13.3. The summed E-state index contributed by atoms with van der Waals surface area (Å²) in [4.78, 5) is 19.4. The molecule has 0 spiro atoms. The molecule has 146 valence electrons. The molecule has 1 aromatic carbocycles. The van der Waals surface area contributed by atoms with Crippen molar-refractivity contribution in [2.75, 3.05) is 13.8 Å². The largest absolute Gasteiger partial charge is 0.463 e. The number of fused-ring (bicyclic) bond motifs is 2. The lowest BCUT2D eigenvalue weighted by Crippen LogP contribution is -2.26. The minimum Gasteiger partial charge on any atom is -0.463 e. The van der Waals surface area contributed by atoms with Gasteiger partial charge in [-0.3, -0.25) is 4.79 Å². The van der Waals surface area contributed by atoms with Crippen molar-refractivity contribution in [1.29, 1.82) is 0 Å². The fraction of sp³-hybridized carbons (Fsp3) is 0.190. The molecule has 0 bridgehead atoms. The first-order valence-electron chi connectivity index (χ1n) is 9.05. The molecule has 4 aromatic rings. The van der Waals surface area contributed by atoms with E-state index in [0.29, 0.717) is 51.9 Å². The molecule has 1 aliphatic rings. The molecule has 4 heterocycles. The zero-order valence-electron chi connectivity index (χ0n) is 15.8. The van der Waals surface area contributed by atoms with E-state index < -0.39 is 0 Å². The number of pyridine rings is 1. The molecule has 1 amide bonds. The molecule has 1 aliphatic heterocycles. The molecule has 5 rings (SSSR count). The Morgan fingerprint density at radius 3 is 2.86 bits per heavy atom. The number of hydrogen-bond donors (Lipinski definition) is 0. The smallest absolute Gasteiger partial charge is 0.259 e. The zero-order valence-corrected chi connectivity index (χ0v) is 15.8. The molecule has 8 nitrogen and oxygen atoms in total. The number of nitrogens with zero attached hydrogens (tertiary/aromatic N) is 3. The first-order valence-corrected chi connectivity index (χ1v) is 9.05. The van der Waals surface area contributed by atoms with Crippen molar-refractivity contribution in [3.63, 3.8) is 0 Å². The van der Waals surface area contributed by atoms with Crippen molar-refractivity contribution in [3.8, 4) is 23.0 Å². The topological polar surface area (TPSA) is 90.8 Å². The number of carbonyl (C=O) groups excluding carboxylic acids is 1. The van der Waals surface area contributed by atoms with Crippen molar-refractivity contribution in [3.05, 3.63) is 59.5 Å². The van der Waals surface area contributed by atoms with E-state index in [9.17, 15) is 4.79 Å². The van der Waals surface area contributed by atoms with Gasteiger partial charge in [-0.15, -0.1) is 0 Å². The van der Waals surface area contributed by atoms with Gasteiger partial charge >= 0.3 is 0 Å². The van der Waals surface area contributed by atoms with Crippen LogP contribution in [0.15, 0.2) is 51.6 Å². The van der Waals surface area contributed by atoms with Crippen LogP contribution in [-0.4, -0.2) is 34.8 Å². The minimum absolute atomic E-state index is 0.172. The van der Waals surface area contributed by atoms with Gasteiger partial charge in [-0.25, -0.2) is 4.98 Å². The number of aryl methyl sites for hydroxylation is 1. The monoisotopic (exact) mass is 391 g/mol. The highest BCUT2D eigenvalue weighted by Gasteiger charge is 2.23. The van der Waals surface area contributed by atoms with Crippen LogP contribution in [0.5, 0.6) is 11.5 Å². The van der Waals surface area contributed by atoms with E-state index in [0.717, 1.165) is 5.56 Å². The predicted molar refractivity (Wildman–Crippen MR) is 103 cm³/mol. The maximum atomic E-state index is 13.3. The first-order chi connectivity index (χ1) is 14.1. The van der Waals surface area contributed by atoms with E-state index in [1.165, 1.54) is 0 Å². The van der Waals surface area contributed by atoms with E-state index in [-0.39, 0.29) is 12.7 Å². The van der Waals surface area contributed by atoms with Crippen molar-refractivity contribution in [1.82, 2.24) is 15.0 Å². The van der Waals surface area contributed by atoms with E-state index in [4.69, 9.17) is 18.4 Å². The third-order valence-corrected chi connectivity index (χ3v) is 4.82. The number of hydrogen-bond acceptors (Lipinski definition) is 7. The summed E-state index contributed by atoms with van der Waals surface area (Å²) in [5.41, 5.74) is 2.82. The Morgan fingerprint density at radius 2 is 2.03 bits per heavy atom. The highest BCUT2D eigenvalue weighted by atomic mass is 16.7. The molecular formula is C21H17N3O5. The number of benzene rings is 1. The fourth-order valence-corrected chi connectivity index (χ4v) is 3.40. The first kappa shape index (κ1) is 17.3. The van der Waals surface area contributed by atoms with Gasteiger partial charge in [0.15, 0.2) is 17.3 Å². The molecule has 0 saturated heterocycles. The second-order valence-electron chi connectivity index (χ2n) is 6.83. The summed E-state index contributed by atoms with van der Waals surface area (Å²) in [6.45, 7) is 2.40. The number of carbonyl (C=O) groups is 1. The van der Waals surface area contributed by atoms with Crippen LogP contribution in [-0.2, 0) is 6.54 Å². The molecule has 29 heavy (non-hydrogen) atoms. The molecule has 8 heteroatoms. The van der Waals surface area contributed by atoms with Gasteiger partial charge in [-0.05, 0) is 42.8 Å². The number of amides is 1. The van der Waals surface area contributed by atoms with Crippen LogP contribution < -0.4 is 9.47 Å². The molecule has 0 radical (unpaired) electrons. The van der Waals surface area contributed by atoms with Crippen LogP contribution in [0.25, 0.3) is 22.6 Å². The summed E-state index contributed by atoms with van der Waals surface area (Å²) < 4.78 is 21.5. The summed E-state index contributed by atoms with van der Waals surface area (Å²) in [5.74, 6) is 1.77. The van der Waals surface area contributed by atoms with Gasteiger partial charge in [0.05, 0.1) is 22.9 Å². The normalized spacial score (nSPS) is 12.5. The Bertz CT molecular complexity index is 1210. The van der Waals surface area contributed by atoms with E-state index in [2.05, 4.69) is 10.1 Å². The van der Waals surface area contributed by atoms with Crippen molar-refractivity contribution >= 4 is 17.0 Å². The average Bonchev–Trinajstić information content (AvgIpc) is 3.47. The Labute approximate surface area is 165 Å². The van der Waals surface area contributed by atoms with Crippen LogP contribution in [0.2, 0.25) is 0 Å². The zero-order chi connectivity index (χ0) is 20.0. The quantitative estimate of drug-likeness (QED) is 0.523. The Morgan fingerprint density at radius 1 is 1.17 bits per heavy atom. The Kier molecular flexibility index (Phi) is 3.97. The fourth-order valence-electron chi connectivity index (χ4n) is 3.40. The lowest BCUT2D eigenvalue weighted by molar-refractivity contribution is 0.0786. The predicted octanol–water partition coefficient (Wildman–Crippen LogP) is 3.79. The van der Waals surface area contributed by atoms with Gasteiger partial charge in [0.2, 0.25) is 6.79 Å². The highest BCUT2D eigenvalue weighted by Crippen LogP contribution is 2.33. The van der Waals surface area contributed by atoms with Gasteiger partial charge in [-0.1, -0.05) is 11.2 Å². The third-order valence-electron chi connectivity index (χ3n) is 4.82. The Balaban J connectivity index is 1.50.